The number of carbonyl (C=O) groups is 2. The van der Waals surface area contributed by atoms with Crippen LogP contribution in [0.15, 0.2) is 24.3 Å². The number of ether oxygens (including phenoxy) is 1. The van der Waals surface area contributed by atoms with E-state index >= 15 is 0 Å². The molecule has 1 aromatic rings. The summed E-state index contributed by atoms with van der Waals surface area (Å²) in [6.07, 6.45) is 0.113. The van der Waals surface area contributed by atoms with Gasteiger partial charge in [-0.05, 0) is 37.1 Å². The minimum atomic E-state index is -4.76. The molecule has 1 saturated carbocycles. The Hall–Kier alpha value is -2.25. The normalized spacial score (nSPS) is 15.6. The van der Waals surface area contributed by atoms with Gasteiger partial charge in [0.05, 0.1) is 6.54 Å². The van der Waals surface area contributed by atoms with Crippen LogP contribution in [-0.4, -0.2) is 24.7 Å². The van der Waals surface area contributed by atoms with E-state index in [9.17, 15) is 22.8 Å². The number of rotatable bonds is 5. The maximum Gasteiger partial charge on any atom is 0.573 e. The van der Waals surface area contributed by atoms with E-state index in [4.69, 9.17) is 0 Å². The summed E-state index contributed by atoms with van der Waals surface area (Å²) < 4.78 is 39.9. The van der Waals surface area contributed by atoms with Gasteiger partial charge in [-0.3, -0.25) is 9.59 Å². The number of amides is 2. The molecule has 2 rings (SSSR count). The molecule has 2 amide bonds. The Kier molecular flexibility index (Phi) is 6.05. The molecule has 5 nitrogen and oxygen atoms in total. The number of hydrogen-bond donors (Lipinski definition) is 2. The van der Waals surface area contributed by atoms with Crippen molar-refractivity contribution in [3.05, 3.63) is 24.3 Å². The van der Waals surface area contributed by atoms with Crippen LogP contribution in [0, 0.1) is 5.92 Å². The molecular formula is C16H19F3N2O3. The fourth-order valence-corrected chi connectivity index (χ4v) is 2.62. The zero-order valence-corrected chi connectivity index (χ0v) is 13.0. The van der Waals surface area contributed by atoms with Crippen LogP contribution in [-0.2, 0) is 9.59 Å². The van der Waals surface area contributed by atoms with Crippen LogP contribution in [0.4, 0.5) is 18.9 Å². The first-order valence-electron chi connectivity index (χ1n) is 7.77. The highest BCUT2D eigenvalue weighted by Gasteiger charge is 2.31. The summed E-state index contributed by atoms with van der Waals surface area (Å²) in [7, 11) is 0. The predicted molar refractivity (Wildman–Crippen MR) is 81.3 cm³/mol. The van der Waals surface area contributed by atoms with E-state index in [1.165, 1.54) is 12.1 Å². The van der Waals surface area contributed by atoms with Crippen molar-refractivity contribution in [2.75, 3.05) is 11.9 Å². The second-order valence-corrected chi connectivity index (χ2v) is 5.67. The highest BCUT2D eigenvalue weighted by atomic mass is 19.4. The van der Waals surface area contributed by atoms with Gasteiger partial charge in [-0.1, -0.05) is 19.3 Å². The Morgan fingerprint density at radius 2 is 1.71 bits per heavy atom. The van der Waals surface area contributed by atoms with E-state index in [1.54, 1.807) is 0 Å². The predicted octanol–water partition coefficient (Wildman–Crippen LogP) is 3.22. The van der Waals surface area contributed by atoms with Crippen molar-refractivity contribution in [3.63, 3.8) is 0 Å². The minimum absolute atomic E-state index is 0.0367. The van der Waals surface area contributed by atoms with E-state index in [2.05, 4.69) is 15.4 Å². The second kappa shape index (κ2) is 8.03. The van der Waals surface area contributed by atoms with E-state index in [1.807, 2.05) is 0 Å². The highest BCUT2D eigenvalue weighted by molar-refractivity contribution is 5.94. The SMILES string of the molecule is O=C(CNC(=O)C1CCCCC1)Nc1ccc(OC(F)(F)F)cc1. The monoisotopic (exact) mass is 344 g/mol. The van der Waals surface area contributed by atoms with Crippen LogP contribution < -0.4 is 15.4 Å². The molecule has 2 N–H and O–H groups in total. The van der Waals surface area contributed by atoms with Crippen LogP contribution in [0.5, 0.6) is 5.75 Å². The van der Waals surface area contributed by atoms with Gasteiger partial charge >= 0.3 is 6.36 Å². The molecule has 0 saturated heterocycles. The van der Waals surface area contributed by atoms with Crippen molar-refractivity contribution in [2.24, 2.45) is 5.92 Å². The van der Waals surface area contributed by atoms with Crippen molar-refractivity contribution in [3.8, 4) is 5.75 Å². The van der Waals surface area contributed by atoms with Crippen LogP contribution in [0.3, 0.4) is 0 Å². The van der Waals surface area contributed by atoms with Crippen molar-refractivity contribution in [1.29, 1.82) is 0 Å². The Labute approximate surface area is 137 Å². The number of nitrogens with one attached hydrogen (secondary N) is 2. The topological polar surface area (TPSA) is 67.4 Å². The molecule has 0 radical (unpaired) electrons. The van der Waals surface area contributed by atoms with Gasteiger partial charge in [-0.2, -0.15) is 0 Å². The van der Waals surface area contributed by atoms with Gasteiger partial charge in [-0.25, -0.2) is 0 Å². The summed E-state index contributed by atoms with van der Waals surface area (Å²) in [5, 5.41) is 5.09. The molecule has 0 heterocycles. The van der Waals surface area contributed by atoms with E-state index in [0.29, 0.717) is 5.69 Å². The lowest BCUT2D eigenvalue weighted by Crippen LogP contribution is -2.37. The molecule has 24 heavy (non-hydrogen) atoms. The molecule has 0 aliphatic heterocycles. The molecule has 0 atom stereocenters. The molecule has 132 valence electrons. The third-order valence-electron chi connectivity index (χ3n) is 3.77. The fraction of sp³-hybridized carbons (Fsp3) is 0.500. The molecule has 0 unspecified atom stereocenters. The zero-order valence-electron chi connectivity index (χ0n) is 13.0. The number of anilines is 1. The van der Waals surface area contributed by atoms with Crippen molar-refractivity contribution in [1.82, 2.24) is 5.32 Å². The average Bonchev–Trinajstić information content (AvgIpc) is 2.54. The zero-order chi connectivity index (χ0) is 17.6. The van der Waals surface area contributed by atoms with Crippen LogP contribution in [0.1, 0.15) is 32.1 Å². The number of benzene rings is 1. The summed E-state index contributed by atoms with van der Waals surface area (Å²) >= 11 is 0. The largest absolute Gasteiger partial charge is 0.573 e. The van der Waals surface area contributed by atoms with Crippen LogP contribution >= 0.6 is 0 Å². The quantitative estimate of drug-likeness (QED) is 0.862. The Morgan fingerprint density at radius 1 is 1.08 bits per heavy atom. The fourth-order valence-electron chi connectivity index (χ4n) is 2.62. The Balaban J connectivity index is 1.76. The first-order chi connectivity index (χ1) is 11.3. The molecule has 0 aromatic heterocycles. The van der Waals surface area contributed by atoms with E-state index in [-0.39, 0.29) is 24.1 Å². The van der Waals surface area contributed by atoms with Crippen molar-refractivity contribution in [2.45, 2.75) is 38.5 Å². The Morgan fingerprint density at radius 3 is 2.29 bits per heavy atom. The third kappa shape index (κ3) is 6.10. The van der Waals surface area contributed by atoms with E-state index in [0.717, 1.165) is 44.2 Å². The maximum atomic E-state index is 12.0. The van der Waals surface area contributed by atoms with Gasteiger partial charge < -0.3 is 15.4 Å². The molecule has 1 aliphatic carbocycles. The van der Waals surface area contributed by atoms with Crippen LogP contribution in [0.25, 0.3) is 0 Å². The van der Waals surface area contributed by atoms with Gasteiger partial charge in [0, 0.05) is 11.6 Å². The Bertz CT molecular complexity index is 567. The summed E-state index contributed by atoms with van der Waals surface area (Å²) in [5.41, 5.74) is 0.321. The molecule has 1 aromatic carbocycles. The number of hydrogen-bond acceptors (Lipinski definition) is 3. The van der Waals surface area contributed by atoms with Gasteiger partial charge in [0.25, 0.3) is 0 Å². The molecule has 1 aliphatic rings. The first-order valence-corrected chi connectivity index (χ1v) is 7.77. The smallest absolute Gasteiger partial charge is 0.406 e. The first kappa shape index (κ1) is 18.1. The standard InChI is InChI=1S/C16H19F3N2O3/c17-16(18,19)24-13-8-6-12(7-9-13)21-14(22)10-20-15(23)11-4-2-1-3-5-11/h6-9,11H,1-5,10H2,(H,20,23)(H,21,22). The third-order valence-corrected chi connectivity index (χ3v) is 3.77. The maximum absolute atomic E-state index is 12.0. The highest BCUT2D eigenvalue weighted by Crippen LogP contribution is 2.24. The number of halogens is 3. The molecular weight excluding hydrogens is 325 g/mol. The summed E-state index contributed by atoms with van der Waals surface area (Å²) in [6.45, 7) is -0.171. The molecule has 0 bridgehead atoms. The van der Waals surface area contributed by atoms with E-state index < -0.39 is 12.3 Å². The van der Waals surface area contributed by atoms with Crippen molar-refractivity contribution < 1.29 is 27.5 Å². The lowest BCUT2D eigenvalue weighted by atomic mass is 9.89. The molecule has 8 heteroatoms. The number of carbonyl (C=O) groups excluding carboxylic acids is 2. The summed E-state index contributed by atoms with van der Waals surface area (Å²) in [6, 6.07) is 4.79. The van der Waals surface area contributed by atoms with Gasteiger partial charge in [0.15, 0.2) is 0 Å². The molecule has 0 spiro atoms. The number of alkyl halides is 3. The average molecular weight is 344 g/mol. The van der Waals surface area contributed by atoms with Gasteiger partial charge in [0.1, 0.15) is 5.75 Å². The van der Waals surface area contributed by atoms with Crippen molar-refractivity contribution >= 4 is 17.5 Å². The van der Waals surface area contributed by atoms with Gasteiger partial charge in [0.2, 0.25) is 11.8 Å². The summed E-state index contributed by atoms with van der Waals surface area (Å²) in [4.78, 5) is 23.7. The lowest BCUT2D eigenvalue weighted by Gasteiger charge is -2.20. The van der Waals surface area contributed by atoms with Crippen LogP contribution in [0.2, 0.25) is 0 Å². The minimum Gasteiger partial charge on any atom is -0.406 e. The lowest BCUT2D eigenvalue weighted by molar-refractivity contribution is -0.274. The summed E-state index contributed by atoms with van der Waals surface area (Å²) in [5.74, 6) is -0.973. The molecule has 1 fully saturated rings. The second-order valence-electron chi connectivity index (χ2n) is 5.67. The van der Waals surface area contributed by atoms with Gasteiger partial charge in [-0.15, -0.1) is 13.2 Å².